The Bertz CT molecular complexity index is 287. The van der Waals surface area contributed by atoms with Crippen molar-refractivity contribution in [1.82, 2.24) is 0 Å². The van der Waals surface area contributed by atoms with Crippen LogP contribution in [-0.2, 0) is 14.3 Å². The number of esters is 1. The summed E-state index contributed by atoms with van der Waals surface area (Å²) in [4.78, 5) is 11.0. The summed E-state index contributed by atoms with van der Waals surface area (Å²) in [5.41, 5.74) is 0. The molecule has 0 unspecified atom stereocenters. The molecule has 0 aliphatic rings. The molecule has 0 bridgehead atoms. The van der Waals surface area contributed by atoms with Gasteiger partial charge in [0.25, 0.3) is 0 Å². The molecule has 0 N–H and O–H groups in total. The van der Waals surface area contributed by atoms with Crippen LogP contribution in [0.3, 0.4) is 0 Å². The van der Waals surface area contributed by atoms with Crippen LogP contribution in [0.15, 0.2) is 12.2 Å². The number of unbranched alkanes of at least 4 members (excludes halogenated alkanes) is 8. The van der Waals surface area contributed by atoms with Crippen LogP contribution in [0, 0.1) is 0 Å². The van der Waals surface area contributed by atoms with E-state index in [9.17, 15) is 4.79 Å². The van der Waals surface area contributed by atoms with E-state index in [1.165, 1.54) is 58.5 Å². The molecule has 3 heteroatoms. The average Bonchev–Trinajstić information content (AvgIpc) is 2.57. The van der Waals surface area contributed by atoms with E-state index in [1.807, 2.05) is 7.11 Å². The number of methoxy groups -OCH3 is 2. The van der Waals surface area contributed by atoms with E-state index in [0.29, 0.717) is 12.5 Å². The summed E-state index contributed by atoms with van der Waals surface area (Å²) in [7, 11) is 3.28. The average molecular weight is 327 g/mol. The van der Waals surface area contributed by atoms with E-state index in [0.717, 1.165) is 25.7 Å². The molecule has 0 saturated carbocycles. The minimum Gasteiger partial charge on any atom is -0.469 e. The number of hydrogen-bond acceptors (Lipinski definition) is 3. The molecule has 0 aliphatic heterocycles. The van der Waals surface area contributed by atoms with Crippen LogP contribution in [0.25, 0.3) is 0 Å². The van der Waals surface area contributed by atoms with E-state index < -0.39 is 0 Å². The van der Waals surface area contributed by atoms with Crippen molar-refractivity contribution in [3.8, 4) is 0 Å². The van der Waals surface area contributed by atoms with Crippen LogP contribution in [0.5, 0.6) is 0 Å². The first-order chi connectivity index (χ1) is 11.2. The zero-order valence-corrected chi connectivity index (χ0v) is 15.6. The molecule has 0 heterocycles. The zero-order chi connectivity index (χ0) is 17.2. The first kappa shape index (κ1) is 22.2. The van der Waals surface area contributed by atoms with E-state index in [4.69, 9.17) is 4.74 Å². The third kappa shape index (κ3) is 15.8. The Balaban J connectivity index is 3.42. The van der Waals surface area contributed by atoms with Crippen LogP contribution in [-0.4, -0.2) is 26.3 Å². The summed E-state index contributed by atoms with van der Waals surface area (Å²) in [5, 5.41) is 0. The fourth-order valence-corrected chi connectivity index (χ4v) is 2.66. The zero-order valence-electron chi connectivity index (χ0n) is 15.6. The number of hydrogen-bond donors (Lipinski definition) is 0. The highest BCUT2D eigenvalue weighted by molar-refractivity contribution is 5.68. The molecule has 136 valence electrons. The largest absolute Gasteiger partial charge is 0.469 e. The molecule has 0 fully saturated rings. The monoisotopic (exact) mass is 326 g/mol. The lowest BCUT2D eigenvalue weighted by molar-refractivity contribution is -0.140. The van der Waals surface area contributed by atoms with E-state index in [-0.39, 0.29) is 5.97 Å². The summed E-state index contributed by atoms with van der Waals surface area (Å²) in [5.74, 6) is -0.0877. The van der Waals surface area contributed by atoms with Gasteiger partial charge in [0.2, 0.25) is 0 Å². The van der Waals surface area contributed by atoms with Crippen molar-refractivity contribution < 1.29 is 14.3 Å². The van der Waals surface area contributed by atoms with Gasteiger partial charge >= 0.3 is 5.97 Å². The molecule has 3 nitrogen and oxygen atoms in total. The molecule has 0 spiro atoms. The van der Waals surface area contributed by atoms with Crippen molar-refractivity contribution in [1.29, 1.82) is 0 Å². The van der Waals surface area contributed by atoms with Gasteiger partial charge in [0, 0.05) is 13.5 Å². The van der Waals surface area contributed by atoms with Gasteiger partial charge in [-0.15, -0.1) is 0 Å². The molecule has 1 atom stereocenters. The van der Waals surface area contributed by atoms with Crippen LogP contribution < -0.4 is 0 Å². The van der Waals surface area contributed by atoms with Gasteiger partial charge in [0.15, 0.2) is 0 Å². The summed E-state index contributed by atoms with van der Waals surface area (Å²) < 4.78 is 10.2. The predicted octanol–water partition coefficient (Wildman–Crippen LogP) is 5.82. The van der Waals surface area contributed by atoms with Crippen molar-refractivity contribution in [2.75, 3.05) is 14.2 Å². The van der Waals surface area contributed by atoms with Gasteiger partial charge < -0.3 is 9.47 Å². The fourth-order valence-electron chi connectivity index (χ4n) is 2.66. The van der Waals surface area contributed by atoms with Gasteiger partial charge in [-0.3, -0.25) is 4.79 Å². The molecule has 0 aromatic carbocycles. The van der Waals surface area contributed by atoms with Crippen molar-refractivity contribution in [3.05, 3.63) is 12.2 Å². The summed E-state index contributed by atoms with van der Waals surface area (Å²) in [6.07, 6.45) is 19.9. The third-order valence-electron chi connectivity index (χ3n) is 4.26. The molecular weight excluding hydrogens is 288 g/mol. The van der Waals surface area contributed by atoms with Crippen molar-refractivity contribution in [2.24, 2.45) is 0 Å². The summed E-state index contributed by atoms with van der Waals surface area (Å²) in [6.45, 7) is 2.25. The lowest BCUT2D eigenvalue weighted by atomic mass is 10.1. The van der Waals surface area contributed by atoms with Crippen molar-refractivity contribution >= 4 is 5.97 Å². The molecule has 0 aromatic rings. The Kier molecular flexibility index (Phi) is 16.9. The van der Waals surface area contributed by atoms with Crippen LogP contribution in [0.1, 0.15) is 90.4 Å². The number of allylic oxidation sites excluding steroid dienone is 1. The number of ether oxygens (including phenoxy) is 2. The lowest BCUT2D eigenvalue weighted by Gasteiger charge is -2.12. The van der Waals surface area contributed by atoms with Gasteiger partial charge in [0.05, 0.1) is 13.2 Å². The van der Waals surface area contributed by atoms with Gasteiger partial charge in [-0.05, 0) is 32.1 Å². The standard InChI is InChI=1S/C20H38O3/c1-4-5-6-13-16-19(22-2)17-14-11-9-7-8-10-12-15-18-20(21)23-3/h11,14,19H,4-10,12-13,15-18H2,1-3H3/b14-11+/t19-/m0/s1. The Hall–Kier alpha value is -0.830. The predicted molar refractivity (Wildman–Crippen MR) is 97.6 cm³/mol. The Morgan fingerprint density at radius 1 is 0.913 bits per heavy atom. The molecule has 0 aliphatic carbocycles. The lowest BCUT2D eigenvalue weighted by Crippen LogP contribution is -2.08. The van der Waals surface area contributed by atoms with Gasteiger partial charge in [-0.1, -0.05) is 64.0 Å². The highest BCUT2D eigenvalue weighted by Crippen LogP contribution is 2.12. The maximum absolute atomic E-state index is 11.0. The molecule has 0 aromatic heterocycles. The van der Waals surface area contributed by atoms with Crippen LogP contribution >= 0.6 is 0 Å². The quantitative estimate of drug-likeness (QED) is 0.204. The Morgan fingerprint density at radius 3 is 2.30 bits per heavy atom. The van der Waals surface area contributed by atoms with Crippen LogP contribution in [0.4, 0.5) is 0 Å². The number of rotatable bonds is 16. The minimum absolute atomic E-state index is 0.0877. The van der Waals surface area contributed by atoms with Gasteiger partial charge in [-0.2, -0.15) is 0 Å². The normalized spacial score (nSPS) is 12.7. The molecule has 0 amide bonds. The minimum atomic E-state index is -0.0877. The maximum atomic E-state index is 11.0. The third-order valence-corrected chi connectivity index (χ3v) is 4.26. The first-order valence-electron chi connectivity index (χ1n) is 9.49. The number of carbonyl (C=O) groups is 1. The summed E-state index contributed by atoms with van der Waals surface area (Å²) >= 11 is 0. The first-order valence-corrected chi connectivity index (χ1v) is 9.49. The van der Waals surface area contributed by atoms with E-state index >= 15 is 0 Å². The second-order valence-corrected chi connectivity index (χ2v) is 6.30. The Labute approximate surface area is 143 Å². The highest BCUT2D eigenvalue weighted by atomic mass is 16.5. The Morgan fingerprint density at radius 2 is 1.61 bits per heavy atom. The van der Waals surface area contributed by atoms with Crippen LogP contribution in [0.2, 0.25) is 0 Å². The fraction of sp³-hybridized carbons (Fsp3) is 0.850. The maximum Gasteiger partial charge on any atom is 0.305 e. The van der Waals surface area contributed by atoms with Gasteiger partial charge in [-0.25, -0.2) is 0 Å². The highest BCUT2D eigenvalue weighted by Gasteiger charge is 2.04. The van der Waals surface area contributed by atoms with Crippen molar-refractivity contribution in [2.45, 2.75) is 96.5 Å². The smallest absolute Gasteiger partial charge is 0.305 e. The molecular formula is C20H38O3. The number of carbonyl (C=O) groups excluding carboxylic acids is 1. The summed E-state index contributed by atoms with van der Waals surface area (Å²) in [6, 6.07) is 0. The molecule has 0 radical (unpaired) electrons. The van der Waals surface area contributed by atoms with Crippen molar-refractivity contribution in [3.63, 3.8) is 0 Å². The molecule has 23 heavy (non-hydrogen) atoms. The molecule has 0 rings (SSSR count). The van der Waals surface area contributed by atoms with E-state index in [1.54, 1.807) is 0 Å². The molecule has 0 saturated heterocycles. The van der Waals surface area contributed by atoms with E-state index in [2.05, 4.69) is 23.8 Å². The van der Waals surface area contributed by atoms with Gasteiger partial charge in [0.1, 0.15) is 0 Å². The second-order valence-electron chi connectivity index (χ2n) is 6.30. The topological polar surface area (TPSA) is 35.5 Å². The SMILES string of the molecule is CCCCCC[C@@H](C/C=C/CCCCCCCC(=O)OC)OC. The second kappa shape index (κ2) is 17.5.